The van der Waals surface area contributed by atoms with Crippen molar-refractivity contribution < 1.29 is 0 Å². The van der Waals surface area contributed by atoms with E-state index in [1.807, 2.05) is 16.7 Å². The molecule has 2 fully saturated rings. The Kier molecular flexibility index (Phi) is 9.29. The highest BCUT2D eigenvalue weighted by Gasteiger charge is 2.38. The molecule has 5 rings (SSSR count). The van der Waals surface area contributed by atoms with Gasteiger partial charge in [-0.3, -0.25) is 24.1 Å². The van der Waals surface area contributed by atoms with Crippen LogP contribution in [0.4, 0.5) is 0 Å². The number of hydrogen-bond donors (Lipinski definition) is 1. The zero-order valence-electron chi connectivity index (χ0n) is 26.1. The molecule has 41 heavy (non-hydrogen) atoms. The molecule has 2 aromatic carbocycles. The van der Waals surface area contributed by atoms with Crippen LogP contribution in [0.3, 0.4) is 0 Å². The van der Waals surface area contributed by atoms with E-state index in [2.05, 4.69) is 98.2 Å². The van der Waals surface area contributed by atoms with Crippen molar-refractivity contribution in [3.05, 3.63) is 75.8 Å². The first kappa shape index (κ1) is 29.9. The van der Waals surface area contributed by atoms with Crippen LogP contribution >= 0.6 is 0 Å². The van der Waals surface area contributed by atoms with E-state index in [1.165, 1.54) is 11.1 Å². The number of hydrogen-bond acceptors (Lipinski definition) is 6. The van der Waals surface area contributed by atoms with Gasteiger partial charge in [0.05, 0.1) is 16.9 Å². The quantitative estimate of drug-likeness (QED) is 0.399. The Morgan fingerprint density at radius 3 is 2.29 bits per heavy atom. The predicted molar refractivity (Wildman–Crippen MR) is 169 cm³/mol. The SMILES string of the molecule is CCCC(c1nc2c(CN3CCC(c4ccccc4)(N(C)C)CC3)cccc2c(=O)n1CC)N1C[C@@H](C)N[C@@H](C)C1. The second kappa shape index (κ2) is 12.7. The maximum absolute atomic E-state index is 13.9. The first-order chi connectivity index (χ1) is 19.8. The van der Waals surface area contributed by atoms with Gasteiger partial charge < -0.3 is 5.32 Å². The average molecular weight is 559 g/mol. The van der Waals surface area contributed by atoms with Gasteiger partial charge in [-0.2, -0.15) is 0 Å². The smallest absolute Gasteiger partial charge is 0.261 e. The number of aromatic nitrogens is 2. The van der Waals surface area contributed by atoms with Crippen molar-refractivity contribution in [3.63, 3.8) is 0 Å². The molecule has 3 atom stereocenters. The van der Waals surface area contributed by atoms with E-state index in [0.29, 0.717) is 18.6 Å². The lowest BCUT2D eigenvalue weighted by molar-refractivity contribution is 0.0508. The third kappa shape index (κ3) is 6.00. The van der Waals surface area contributed by atoms with Crippen LogP contribution in [0.15, 0.2) is 53.3 Å². The van der Waals surface area contributed by atoms with E-state index in [4.69, 9.17) is 4.98 Å². The Bertz CT molecular complexity index is 1350. The molecule has 3 aromatic rings. The molecule has 0 aliphatic carbocycles. The van der Waals surface area contributed by atoms with E-state index >= 15 is 0 Å². The molecule has 2 aliphatic heterocycles. The Morgan fingerprint density at radius 1 is 1.00 bits per heavy atom. The van der Waals surface area contributed by atoms with Crippen LogP contribution in [-0.4, -0.2) is 76.6 Å². The van der Waals surface area contributed by atoms with Crippen molar-refractivity contribution in [2.45, 2.75) is 90.1 Å². The van der Waals surface area contributed by atoms with E-state index in [0.717, 1.165) is 75.1 Å². The van der Waals surface area contributed by atoms with Crippen LogP contribution < -0.4 is 10.9 Å². The third-order valence-electron chi connectivity index (χ3n) is 9.55. The van der Waals surface area contributed by atoms with Gasteiger partial charge in [0.15, 0.2) is 0 Å². The molecule has 0 spiro atoms. The molecular formula is C34H50N6O. The fourth-order valence-electron chi connectivity index (χ4n) is 7.44. The highest BCUT2D eigenvalue weighted by Crippen LogP contribution is 2.38. The summed E-state index contributed by atoms with van der Waals surface area (Å²) in [6.45, 7) is 14.2. The molecule has 2 aliphatic rings. The van der Waals surface area contributed by atoms with Crippen LogP contribution in [-0.2, 0) is 18.6 Å². The van der Waals surface area contributed by atoms with Gasteiger partial charge in [0.25, 0.3) is 5.56 Å². The Hall–Kier alpha value is -2.58. The van der Waals surface area contributed by atoms with Crippen molar-refractivity contribution in [2.24, 2.45) is 0 Å². The Balaban J connectivity index is 1.47. The van der Waals surface area contributed by atoms with Crippen molar-refractivity contribution in [3.8, 4) is 0 Å². The lowest BCUT2D eigenvalue weighted by Crippen LogP contribution is -2.55. The van der Waals surface area contributed by atoms with E-state index in [1.54, 1.807) is 0 Å². The molecule has 7 heteroatoms. The predicted octanol–water partition coefficient (Wildman–Crippen LogP) is 4.99. The minimum Gasteiger partial charge on any atom is -0.309 e. The van der Waals surface area contributed by atoms with Crippen molar-refractivity contribution in [2.75, 3.05) is 40.3 Å². The Morgan fingerprint density at radius 2 is 1.68 bits per heavy atom. The third-order valence-corrected chi connectivity index (χ3v) is 9.55. The highest BCUT2D eigenvalue weighted by atomic mass is 16.1. The fourth-order valence-corrected chi connectivity index (χ4v) is 7.44. The molecule has 1 aromatic heterocycles. The number of rotatable bonds is 9. The second-order valence-electron chi connectivity index (χ2n) is 12.6. The van der Waals surface area contributed by atoms with Gasteiger partial charge in [0, 0.05) is 56.9 Å². The lowest BCUT2D eigenvalue weighted by Gasteiger charge is -2.46. The number of likely N-dealkylation sites (tertiary alicyclic amines) is 1. The standard InChI is InChI=1S/C34H50N6O/c1-7-13-30(39-22-25(3)35-26(4)23-39)32-36-31-27(14-12-17-29(31)33(41)40(32)8-2)24-38-20-18-34(19-21-38,37(5)6)28-15-10-9-11-16-28/h9-12,14-17,25-26,30,35H,7-8,13,18-24H2,1-6H3/t25-,26+,30?. The summed E-state index contributed by atoms with van der Waals surface area (Å²) >= 11 is 0. The first-order valence-corrected chi connectivity index (χ1v) is 15.7. The Labute approximate surface area is 246 Å². The number of para-hydroxylation sites is 1. The number of nitrogens with one attached hydrogen (secondary N) is 1. The highest BCUT2D eigenvalue weighted by molar-refractivity contribution is 5.81. The normalized spacial score (nSPS) is 22.8. The second-order valence-corrected chi connectivity index (χ2v) is 12.6. The maximum atomic E-state index is 13.9. The number of fused-ring (bicyclic) bond motifs is 1. The molecule has 0 bridgehead atoms. The van der Waals surface area contributed by atoms with Crippen molar-refractivity contribution in [1.29, 1.82) is 0 Å². The van der Waals surface area contributed by atoms with Crippen LogP contribution in [0.2, 0.25) is 0 Å². The molecule has 7 nitrogen and oxygen atoms in total. The number of nitrogens with zero attached hydrogens (tertiary/aromatic N) is 5. The van der Waals surface area contributed by atoms with Crippen LogP contribution in [0, 0.1) is 0 Å². The largest absolute Gasteiger partial charge is 0.309 e. The summed E-state index contributed by atoms with van der Waals surface area (Å²) in [5.74, 6) is 0.940. The first-order valence-electron chi connectivity index (χ1n) is 15.7. The van der Waals surface area contributed by atoms with Crippen LogP contribution in [0.1, 0.15) is 76.4 Å². The van der Waals surface area contributed by atoms with E-state index < -0.39 is 0 Å². The summed E-state index contributed by atoms with van der Waals surface area (Å²) in [6, 6.07) is 18.1. The van der Waals surface area contributed by atoms with Crippen molar-refractivity contribution >= 4 is 10.9 Å². The summed E-state index contributed by atoms with van der Waals surface area (Å²) < 4.78 is 1.94. The molecule has 3 heterocycles. The van der Waals surface area contributed by atoms with E-state index in [9.17, 15) is 4.79 Å². The van der Waals surface area contributed by atoms with Crippen molar-refractivity contribution in [1.82, 2.24) is 29.6 Å². The topological polar surface area (TPSA) is 56.6 Å². The van der Waals surface area contributed by atoms with Gasteiger partial charge in [-0.05, 0) is 71.3 Å². The minimum absolute atomic E-state index is 0.0573. The molecule has 1 unspecified atom stereocenters. The number of piperazine rings is 1. The van der Waals surface area contributed by atoms with Gasteiger partial charge >= 0.3 is 0 Å². The molecular weight excluding hydrogens is 508 g/mol. The summed E-state index contributed by atoms with van der Waals surface area (Å²) in [7, 11) is 4.42. The lowest BCUT2D eigenvalue weighted by atomic mass is 9.79. The molecule has 2 saturated heterocycles. The minimum atomic E-state index is 0.0573. The number of piperidine rings is 1. The zero-order valence-corrected chi connectivity index (χ0v) is 26.1. The van der Waals surface area contributed by atoms with E-state index in [-0.39, 0.29) is 17.1 Å². The zero-order chi connectivity index (χ0) is 29.1. The van der Waals surface area contributed by atoms with Gasteiger partial charge in [0.2, 0.25) is 0 Å². The monoisotopic (exact) mass is 558 g/mol. The molecule has 0 radical (unpaired) electrons. The van der Waals surface area contributed by atoms with Crippen LogP contribution in [0.5, 0.6) is 0 Å². The van der Waals surface area contributed by atoms with Gasteiger partial charge in [0.1, 0.15) is 5.82 Å². The number of benzene rings is 2. The van der Waals surface area contributed by atoms with Gasteiger partial charge in [-0.1, -0.05) is 55.8 Å². The molecule has 0 saturated carbocycles. The van der Waals surface area contributed by atoms with Gasteiger partial charge in [-0.15, -0.1) is 0 Å². The van der Waals surface area contributed by atoms with Gasteiger partial charge in [-0.25, -0.2) is 4.98 Å². The molecule has 222 valence electrons. The summed E-state index contributed by atoms with van der Waals surface area (Å²) in [6.07, 6.45) is 4.21. The summed E-state index contributed by atoms with van der Waals surface area (Å²) in [5.41, 5.74) is 3.61. The molecule has 0 amide bonds. The van der Waals surface area contributed by atoms with Crippen LogP contribution in [0.25, 0.3) is 10.9 Å². The fraction of sp³-hybridized carbons (Fsp3) is 0.588. The maximum Gasteiger partial charge on any atom is 0.261 e. The summed E-state index contributed by atoms with van der Waals surface area (Å²) in [4.78, 5) is 26.8. The summed E-state index contributed by atoms with van der Waals surface area (Å²) in [5, 5.41) is 4.41. The molecule has 1 N–H and O–H groups in total. The average Bonchev–Trinajstić information content (AvgIpc) is 2.96.